The summed E-state index contributed by atoms with van der Waals surface area (Å²) in [6.45, 7) is 2.20. The molecule has 0 aromatic rings. The van der Waals surface area contributed by atoms with Crippen LogP contribution in [0.3, 0.4) is 0 Å². The number of carbonyl (C=O) groups is 2. The Morgan fingerprint density at radius 2 is 2.00 bits per heavy atom. The molecule has 1 saturated heterocycles. The minimum absolute atomic E-state index is 0.590. The van der Waals surface area contributed by atoms with Gasteiger partial charge in [-0.25, -0.2) is 0 Å². The first-order valence-electron chi connectivity index (χ1n) is 5.24. The first-order chi connectivity index (χ1) is 7.11. The highest BCUT2D eigenvalue weighted by atomic mass is 16.5. The predicted molar refractivity (Wildman–Crippen MR) is 55.0 cm³/mol. The maximum absolute atomic E-state index is 11.1. The number of nitrogens with zero attached hydrogens (tertiary/aromatic N) is 1. The first kappa shape index (κ1) is 12.0. The van der Waals surface area contributed by atoms with Crippen LogP contribution in [0.5, 0.6) is 0 Å². The fraction of sp³-hybridized carbons (Fsp3) is 0.800. The molecule has 0 aromatic heterocycles. The standard InChI is InChI=1S/C10H18N2O3/c1-12(10(14)9(11)13)5-2-8-3-6-15-7-4-8/h8H,2-7H2,1H3,(H2,11,13). The zero-order chi connectivity index (χ0) is 11.3. The second-order valence-corrected chi connectivity index (χ2v) is 3.94. The van der Waals surface area contributed by atoms with Gasteiger partial charge in [-0.3, -0.25) is 9.59 Å². The van der Waals surface area contributed by atoms with E-state index in [1.165, 1.54) is 4.90 Å². The smallest absolute Gasteiger partial charge is 0.311 e. The number of primary amides is 1. The second-order valence-electron chi connectivity index (χ2n) is 3.94. The van der Waals surface area contributed by atoms with E-state index in [1.807, 2.05) is 0 Å². The average molecular weight is 214 g/mol. The van der Waals surface area contributed by atoms with Crippen LogP contribution in [0.2, 0.25) is 0 Å². The van der Waals surface area contributed by atoms with E-state index in [-0.39, 0.29) is 0 Å². The average Bonchev–Trinajstić information content (AvgIpc) is 2.26. The summed E-state index contributed by atoms with van der Waals surface area (Å²) in [4.78, 5) is 23.1. The van der Waals surface area contributed by atoms with E-state index in [4.69, 9.17) is 10.5 Å². The number of hydrogen-bond acceptors (Lipinski definition) is 3. The van der Waals surface area contributed by atoms with Crippen LogP contribution in [-0.2, 0) is 14.3 Å². The molecule has 0 atom stereocenters. The lowest BCUT2D eigenvalue weighted by molar-refractivity contribution is -0.143. The van der Waals surface area contributed by atoms with Gasteiger partial charge in [0, 0.05) is 26.8 Å². The van der Waals surface area contributed by atoms with Gasteiger partial charge < -0.3 is 15.4 Å². The van der Waals surface area contributed by atoms with Crippen molar-refractivity contribution in [2.75, 3.05) is 26.8 Å². The summed E-state index contributed by atoms with van der Waals surface area (Å²) >= 11 is 0. The second kappa shape index (κ2) is 5.70. The Bertz CT molecular complexity index is 237. The molecule has 15 heavy (non-hydrogen) atoms. The Morgan fingerprint density at radius 3 is 2.53 bits per heavy atom. The largest absolute Gasteiger partial charge is 0.381 e. The SMILES string of the molecule is CN(CCC1CCOCC1)C(=O)C(N)=O. The van der Waals surface area contributed by atoms with Crippen LogP contribution in [-0.4, -0.2) is 43.5 Å². The Hall–Kier alpha value is -1.10. The van der Waals surface area contributed by atoms with E-state index in [2.05, 4.69) is 0 Å². The van der Waals surface area contributed by atoms with Crippen LogP contribution in [0.4, 0.5) is 0 Å². The minimum atomic E-state index is -0.885. The quantitative estimate of drug-likeness (QED) is 0.658. The zero-order valence-electron chi connectivity index (χ0n) is 9.07. The highest BCUT2D eigenvalue weighted by molar-refractivity contribution is 6.34. The molecule has 86 valence electrons. The van der Waals surface area contributed by atoms with Crippen molar-refractivity contribution in [1.82, 2.24) is 4.90 Å². The third kappa shape index (κ3) is 3.87. The number of nitrogens with two attached hydrogens (primary N) is 1. The maximum atomic E-state index is 11.1. The molecule has 0 aliphatic carbocycles. The third-order valence-electron chi connectivity index (χ3n) is 2.77. The summed E-state index contributed by atoms with van der Waals surface area (Å²) in [5, 5.41) is 0. The molecule has 0 radical (unpaired) electrons. The van der Waals surface area contributed by atoms with Crippen molar-refractivity contribution in [3.05, 3.63) is 0 Å². The van der Waals surface area contributed by atoms with Gasteiger partial charge in [0.05, 0.1) is 0 Å². The van der Waals surface area contributed by atoms with Crippen molar-refractivity contribution in [2.24, 2.45) is 11.7 Å². The van der Waals surface area contributed by atoms with Crippen molar-refractivity contribution in [3.63, 3.8) is 0 Å². The van der Waals surface area contributed by atoms with Crippen LogP contribution < -0.4 is 5.73 Å². The molecule has 0 aromatic carbocycles. The molecule has 1 fully saturated rings. The van der Waals surface area contributed by atoms with E-state index in [1.54, 1.807) is 7.05 Å². The molecule has 1 aliphatic heterocycles. The summed E-state index contributed by atoms with van der Waals surface area (Å²) in [6.07, 6.45) is 3.00. The van der Waals surface area contributed by atoms with Crippen LogP contribution in [0, 0.1) is 5.92 Å². The van der Waals surface area contributed by atoms with Gasteiger partial charge in [-0.05, 0) is 25.2 Å². The van der Waals surface area contributed by atoms with Gasteiger partial charge in [-0.15, -0.1) is 0 Å². The molecule has 0 unspecified atom stereocenters. The fourth-order valence-corrected chi connectivity index (χ4v) is 1.70. The summed E-state index contributed by atoms with van der Waals surface area (Å²) in [7, 11) is 1.60. The van der Waals surface area contributed by atoms with E-state index in [0.29, 0.717) is 12.5 Å². The number of ether oxygens (including phenoxy) is 1. The molecular weight excluding hydrogens is 196 g/mol. The Kier molecular flexibility index (Phi) is 4.55. The van der Waals surface area contributed by atoms with Crippen molar-refractivity contribution >= 4 is 11.8 Å². The van der Waals surface area contributed by atoms with Crippen LogP contribution >= 0.6 is 0 Å². The molecule has 5 nitrogen and oxygen atoms in total. The number of rotatable bonds is 3. The molecule has 1 aliphatic rings. The Labute approximate surface area is 89.6 Å². The van der Waals surface area contributed by atoms with Crippen molar-refractivity contribution < 1.29 is 14.3 Å². The molecule has 1 rings (SSSR count). The van der Waals surface area contributed by atoms with Gasteiger partial charge in [-0.1, -0.05) is 0 Å². The van der Waals surface area contributed by atoms with E-state index in [9.17, 15) is 9.59 Å². The van der Waals surface area contributed by atoms with Gasteiger partial charge >= 0.3 is 11.8 Å². The Balaban J connectivity index is 2.23. The first-order valence-corrected chi connectivity index (χ1v) is 5.24. The third-order valence-corrected chi connectivity index (χ3v) is 2.77. The van der Waals surface area contributed by atoms with Gasteiger partial charge in [0.1, 0.15) is 0 Å². The van der Waals surface area contributed by atoms with E-state index >= 15 is 0 Å². The summed E-state index contributed by atoms with van der Waals surface area (Å²) in [6, 6.07) is 0. The van der Waals surface area contributed by atoms with Gasteiger partial charge in [0.15, 0.2) is 0 Å². The molecule has 1 heterocycles. The van der Waals surface area contributed by atoms with Gasteiger partial charge in [-0.2, -0.15) is 0 Å². The number of carbonyl (C=O) groups excluding carboxylic acids is 2. The highest BCUT2D eigenvalue weighted by Gasteiger charge is 2.18. The summed E-state index contributed by atoms with van der Waals surface area (Å²) in [5.74, 6) is -0.895. The number of amides is 2. The number of likely N-dealkylation sites (N-methyl/N-ethyl adjacent to an activating group) is 1. The van der Waals surface area contributed by atoms with Crippen LogP contribution in [0.15, 0.2) is 0 Å². The Morgan fingerprint density at radius 1 is 1.40 bits per heavy atom. The van der Waals surface area contributed by atoms with E-state index in [0.717, 1.165) is 32.5 Å². The normalized spacial score (nSPS) is 17.4. The predicted octanol–water partition coefficient (Wildman–Crippen LogP) is -0.253. The molecule has 0 spiro atoms. The zero-order valence-corrected chi connectivity index (χ0v) is 9.07. The topological polar surface area (TPSA) is 72.6 Å². The lowest BCUT2D eigenvalue weighted by atomic mass is 9.96. The molecule has 5 heteroatoms. The van der Waals surface area contributed by atoms with Gasteiger partial charge in [0.2, 0.25) is 0 Å². The summed E-state index contributed by atoms with van der Waals surface area (Å²) < 4.78 is 5.24. The molecule has 0 saturated carbocycles. The van der Waals surface area contributed by atoms with Crippen LogP contribution in [0.1, 0.15) is 19.3 Å². The maximum Gasteiger partial charge on any atom is 0.311 e. The van der Waals surface area contributed by atoms with Crippen LogP contribution in [0.25, 0.3) is 0 Å². The van der Waals surface area contributed by atoms with Crippen molar-refractivity contribution in [1.29, 1.82) is 0 Å². The number of hydrogen-bond donors (Lipinski definition) is 1. The molecule has 2 amide bonds. The lowest BCUT2D eigenvalue weighted by Gasteiger charge is -2.24. The van der Waals surface area contributed by atoms with Crippen molar-refractivity contribution in [3.8, 4) is 0 Å². The van der Waals surface area contributed by atoms with Crippen molar-refractivity contribution in [2.45, 2.75) is 19.3 Å². The molecular formula is C10H18N2O3. The monoisotopic (exact) mass is 214 g/mol. The lowest BCUT2D eigenvalue weighted by Crippen LogP contribution is -2.38. The molecule has 2 N–H and O–H groups in total. The van der Waals surface area contributed by atoms with Gasteiger partial charge in [0.25, 0.3) is 0 Å². The fourth-order valence-electron chi connectivity index (χ4n) is 1.70. The molecule has 0 bridgehead atoms. The minimum Gasteiger partial charge on any atom is -0.381 e. The summed E-state index contributed by atoms with van der Waals surface area (Å²) in [5.41, 5.74) is 4.90. The van der Waals surface area contributed by atoms with E-state index < -0.39 is 11.8 Å². The highest BCUT2D eigenvalue weighted by Crippen LogP contribution is 2.18.